The number of nitrogens with zero attached hydrogens (tertiary/aromatic N) is 2. The molecule has 0 fully saturated rings. The highest BCUT2D eigenvalue weighted by Crippen LogP contribution is 2.37. The van der Waals surface area contributed by atoms with Gasteiger partial charge in [-0.05, 0) is 85.5 Å². The molecule has 0 atom stereocenters. The van der Waals surface area contributed by atoms with E-state index in [-0.39, 0.29) is 12.3 Å². The van der Waals surface area contributed by atoms with Gasteiger partial charge in [0.1, 0.15) is 12.4 Å². The Bertz CT molecular complexity index is 1200. The standard InChI is InChI=1S/C22H12Br2Cl2N2O3/c23-19-8-13(7-16(11-27)14-2-5-18(6-3-14)28(29)30)9-20(24)22(19)31-12-15-1-4-17(25)10-21(15)26/h1-10H,12H2/b16-7+. The lowest BCUT2D eigenvalue weighted by Gasteiger charge is -2.12. The first-order chi connectivity index (χ1) is 14.8. The molecule has 5 nitrogen and oxygen atoms in total. The number of hydrogen-bond donors (Lipinski definition) is 0. The molecule has 0 heterocycles. The van der Waals surface area contributed by atoms with Crippen molar-refractivity contribution in [1.82, 2.24) is 0 Å². The third-order valence-corrected chi connectivity index (χ3v) is 5.99. The molecule has 0 aromatic heterocycles. The summed E-state index contributed by atoms with van der Waals surface area (Å²) in [6.45, 7) is 0.245. The SMILES string of the molecule is N#C/C(=C\c1cc(Br)c(OCc2ccc(Cl)cc2Cl)c(Br)c1)c1ccc([N+](=O)[O-])cc1. The number of benzene rings is 3. The Morgan fingerprint density at radius 3 is 2.29 bits per heavy atom. The second-order valence-corrected chi connectivity index (χ2v) is 8.86. The van der Waals surface area contributed by atoms with Crippen molar-refractivity contribution in [2.24, 2.45) is 0 Å². The summed E-state index contributed by atoms with van der Waals surface area (Å²) in [7, 11) is 0. The van der Waals surface area contributed by atoms with Gasteiger partial charge in [0.15, 0.2) is 0 Å². The number of allylic oxidation sites excluding steroid dienone is 1. The van der Waals surface area contributed by atoms with Gasteiger partial charge in [-0.2, -0.15) is 5.26 Å². The molecule has 0 aliphatic rings. The maximum Gasteiger partial charge on any atom is 0.269 e. The van der Waals surface area contributed by atoms with Crippen LogP contribution in [0.2, 0.25) is 10.0 Å². The largest absolute Gasteiger partial charge is 0.486 e. The molecule has 3 rings (SSSR count). The number of ether oxygens (including phenoxy) is 1. The number of nitro benzene ring substituents is 1. The number of nitriles is 1. The molecule has 0 N–H and O–H groups in total. The number of hydrogen-bond acceptors (Lipinski definition) is 4. The molecule has 31 heavy (non-hydrogen) atoms. The van der Waals surface area contributed by atoms with Crippen LogP contribution >= 0.6 is 55.1 Å². The van der Waals surface area contributed by atoms with Gasteiger partial charge in [0, 0.05) is 27.7 Å². The van der Waals surface area contributed by atoms with Gasteiger partial charge in [-0.1, -0.05) is 29.3 Å². The zero-order valence-corrected chi connectivity index (χ0v) is 20.3. The molecule has 0 aliphatic heterocycles. The van der Waals surface area contributed by atoms with Crippen LogP contribution in [0.4, 0.5) is 5.69 Å². The number of non-ortho nitro benzene ring substituents is 1. The number of nitro groups is 1. The van der Waals surface area contributed by atoms with E-state index in [0.29, 0.717) is 35.9 Å². The molecule has 3 aromatic rings. The van der Waals surface area contributed by atoms with Gasteiger partial charge in [0.2, 0.25) is 0 Å². The zero-order valence-electron chi connectivity index (χ0n) is 15.6. The van der Waals surface area contributed by atoms with Crippen LogP contribution in [-0.4, -0.2) is 4.92 Å². The van der Waals surface area contributed by atoms with Gasteiger partial charge in [0.25, 0.3) is 5.69 Å². The molecular formula is C22H12Br2Cl2N2O3. The second-order valence-electron chi connectivity index (χ2n) is 6.31. The summed E-state index contributed by atoms with van der Waals surface area (Å²) in [5.41, 5.74) is 2.45. The first-order valence-corrected chi connectivity index (χ1v) is 11.0. The normalized spacial score (nSPS) is 11.1. The van der Waals surface area contributed by atoms with Crippen molar-refractivity contribution < 1.29 is 9.66 Å². The van der Waals surface area contributed by atoms with Crippen molar-refractivity contribution in [2.75, 3.05) is 0 Å². The third kappa shape index (κ3) is 5.86. The van der Waals surface area contributed by atoms with E-state index >= 15 is 0 Å². The van der Waals surface area contributed by atoms with E-state index in [1.54, 1.807) is 36.4 Å². The van der Waals surface area contributed by atoms with Crippen LogP contribution in [0.5, 0.6) is 5.75 Å². The summed E-state index contributed by atoms with van der Waals surface area (Å²) in [6, 6.07) is 16.8. The minimum Gasteiger partial charge on any atom is -0.486 e. The van der Waals surface area contributed by atoms with Crippen LogP contribution in [0.1, 0.15) is 16.7 Å². The van der Waals surface area contributed by atoms with Gasteiger partial charge in [-0.3, -0.25) is 10.1 Å². The summed E-state index contributed by atoms with van der Waals surface area (Å²) in [5, 5.41) is 21.4. The lowest BCUT2D eigenvalue weighted by atomic mass is 10.0. The Hall–Kier alpha value is -2.37. The molecule has 156 valence electrons. The lowest BCUT2D eigenvalue weighted by molar-refractivity contribution is -0.384. The fraction of sp³-hybridized carbons (Fsp3) is 0.0455. The molecule has 0 bridgehead atoms. The average Bonchev–Trinajstić information content (AvgIpc) is 2.72. The van der Waals surface area contributed by atoms with Gasteiger partial charge in [0.05, 0.1) is 25.5 Å². The van der Waals surface area contributed by atoms with Crippen LogP contribution in [0.15, 0.2) is 63.5 Å². The minimum atomic E-state index is -0.482. The number of halogens is 4. The molecule has 0 saturated carbocycles. The lowest BCUT2D eigenvalue weighted by Crippen LogP contribution is -1.98. The van der Waals surface area contributed by atoms with Crippen LogP contribution < -0.4 is 4.74 Å². The Kier molecular flexibility index (Phi) is 7.74. The Balaban J connectivity index is 1.84. The fourth-order valence-corrected chi connectivity index (χ4v) is 4.61. The predicted molar refractivity (Wildman–Crippen MR) is 129 cm³/mol. The van der Waals surface area contributed by atoms with E-state index in [4.69, 9.17) is 27.9 Å². The van der Waals surface area contributed by atoms with Crippen molar-refractivity contribution in [3.63, 3.8) is 0 Å². The summed E-state index contributed by atoms with van der Waals surface area (Å²) < 4.78 is 7.27. The van der Waals surface area contributed by atoms with Crippen molar-refractivity contribution in [1.29, 1.82) is 5.26 Å². The first kappa shape index (κ1) is 23.3. The molecule has 9 heteroatoms. The van der Waals surface area contributed by atoms with Crippen molar-refractivity contribution in [3.05, 3.63) is 100 Å². The number of rotatable bonds is 6. The van der Waals surface area contributed by atoms with E-state index in [9.17, 15) is 15.4 Å². The molecule has 0 aliphatic carbocycles. The molecule has 0 unspecified atom stereocenters. The maximum absolute atomic E-state index is 10.8. The van der Waals surface area contributed by atoms with E-state index in [1.165, 1.54) is 12.1 Å². The first-order valence-electron chi connectivity index (χ1n) is 8.71. The Morgan fingerprint density at radius 2 is 1.74 bits per heavy atom. The van der Waals surface area contributed by atoms with Crippen molar-refractivity contribution in [2.45, 2.75) is 6.61 Å². The van der Waals surface area contributed by atoms with Gasteiger partial charge in [-0.25, -0.2) is 0 Å². The van der Waals surface area contributed by atoms with Crippen LogP contribution in [0.3, 0.4) is 0 Å². The highest BCUT2D eigenvalue weighted by Gasteiger charge is 2.12. The summed E-state index contributed by atoms with van der Waals surface area (Å²) in [6.07, 6.45) is 1.69. The Morgan fingerprint density at radius 1 is 1.10 bits per heavy atom. The minimum absolute atomic E-state index is 0.0335. The Labute approximate surface area is 205 Å². The summed E-state index contributed by atoms with van der Waals surface area (Å²) >= 11 is 19.1. The molecule has 0 spiro atoms. The topological polar surface area (TPSA) is 76.2 Å². The molecule has 3 aromatic carbocycles. The average molecular weight is 583 g/mol. The van der Waals surface area contributed by atoms with Crippen LogP contribution in [0, 0.1) is 21.4 Å². The van der Waals surface area contributed by atoms with Gasteiger partial charge < -0.3 is 4.74 Å². The molecule has 0 radical (unpaired) electrons. The highest BCUT2D eigenvalue weighted by atomic mass is 79.9. The van der Waals surface area contributed by atoms with Crippen molar-refractivity contribution in [3.8, 4) is 11.8 Å². The monoisotopic (exact) mass is 580 g/mol. The zero-order chi connectivity index (χ0) is 22.5. The van der Waals surface area contributed by atoms with E-state index in [1.807, 2.05) is 12.1 Å². The molecule has 0 saturated heterocycles. The molecular weight excluding hydrogens is 571 g/mol. The summed E-state index contributed by atoms with van der Waals surface area (Å²) in [5.74, 6) is 0.581. The predicted octanol–water partition coefficient (Wildman–Crippen LogP) is 8.07. The maximum atomic E-state index is 10.8. The van der Waals surface area contributed by atoms with Gasteiger partial charge >= 0.3 is 0 Å². The van der Waals surface area contributed by atoms with E-state index in [2.05, 4.69) is 37.9 Å². The molecule has 0 amide bonds. The third-order valence-electron chi connectivity index (χ3n) is 4.23. The van der Waals surface area contributed by atoms with E-state index in [0.717, 1.165) is 11.1 Å². The second kappa shape index (κ2) is 10.3. The van der Waals surface area contributed by atoms with Crippen LogP contribution in [-0.2, 0) is 6.61 Å². The highest BCUT2D eigenvalue weighted by molar-refractivity contribution is 9.11. The van der Waals surface area contributed by atoms with E-state index < -0.39 is 4.92 Å². The fourth-order valence-electron chi connectivity index (χ4n) is 2.70. The quantitative estimate of drug-likeness (QED) is 0.127. The van der Waals surface area contributed by atoms with Crippen LogP contribution in [0.25, 0.3) is 11.6 Å². The smallest absolute Gasteiger partial charge is 0.269 e. The summed E-state index contributed by atoms with van der Waals surface area (Å²) in [4.78, 5) is 10.3. The van der Waals surface area contributed by atoms with Gasteiger partial charge in [-0.15, -0.1) is 0 Å². The van der Waals surface area contributed by atoms with Crippen molar-refractivity contribution >= 4 is 72.4 Å².